The van der Waals surface area contributed by atoms with Crippen LogP contribution in [-0.4, -0.2) is 33.5 Å². The van der Waals surface area contributed by atoms with E-state index in [0.717, 1.165) is 5.01 Å². The lowest BCUT2D eigenvalue weighted by molar-refractivity contribution is -0.112. The normalized spacial score (nSPS) is 14.6. The van der Waals surface area contributed by atoms with E-state index in [1.54, 1.807) is 37.3 Å². The second-order valence-electron chi connectivity index (χ2n) is 6.94. The molecule has 0 aliphatic carbocycles. The van der Waals surface area contributed by atoms with E-state index in [-0.39, 0.29) is 22.7 Å². The molecular formula is C23H17FN4O4. The lowest BCUT2D eigenvalue weighted by Gasteiger charge is -2.12. The van der Waals surface area contributed by atoms with Crippen molar-refractivity contribution in [2.75, 3.05) is 10.4 Å². The van der Waals surface area contributed by atoms with Crippen LogP contribution in [0.3, 0.4) is 0 Å². The number of carboxylic acids is 1. The Morgan fingerprint density at radius 2 is 1.81 bits per heavy atom. The van der Waals surface area contributed by atoms with Crippen molar-refractivity contribution in [2.45, 2.75) is 6.92 Å². The number of para-hydroxylation sites is 1. The van der Waals surface area contributed by atoms with Crippen LogP contribution < -0.4 is 10.4 Å². The predicted molar refractivity (Wildman–Crippen MR) is 119 cm³/mol. The number of nitrogens with one attached hydrogen (secondary N) is 1. The van der Waals surface area contributed by atoms with E-state index in [1.165, 1.54) is 36.4 Å². The Morgan fingerprint density at radius 3 is 2.53 bits per heavy atom. The highest BCUT2D eigenvalue weighted by atomic mass is 19.1. The number of hydrogen-bond acceptors (Lipinski definition) is 6. The number of phenolic OH excluding ortho intramolecular Hbond substituents is 1. The van der Waals surface area contributed by atoms with Gasteiger partial charge in [0.05, 0.1) is 22.6 Å². The van der Waals surface area contributed by atoms with Crippen LogP contribution in [0.25, 0.3) is 11.1 Å². The smallest absolute Gasteiger partial charge is 0.335 e. The van der Waals surface area contributed by atoms with Crippen LogP contribution in [0.15, 0.2) is 76.9 Å². The lowest BCUT2D eigenvalue weighted by atomic mass is 10.0. The van der Waals surface area contributed by atoms with Crippen molar-refractivity contribution in [1.29, 1.82) is 0 Å². The second-order valence-corrected chi connectivity index (χ2v) is 6.94. The van der Waals surface area contributed by atoms with Crippen molar-refractivity contribution in [3.63, 3.8) is 0 Å². The van der Waals surface area contributed by atoms with Crippen LogP contribution >= 0.6 is 0 Å². The summed E-state index contributed by atoms with van der Waals surface area (Å²) in [7, 11) is 0. The van der Waals surface area contributed by atoms with Crippen LogP contribution in [0.4, 0.5) is 15.8 Å². The lowest BCUT2D eigenvalue weighted by Crippen LogP contribution is -2.27. The summed E-state index contributed by atoms with van der Waals surface area (Å²) in [6, 6.07) is 16.3. The van der Waals surface area contributed by atoms with Gasteiger partial charge in [-0.05, 0) is 55.0 Å². The summed E-state index contributed by atoms with van der Waals surface area (Å²) < 4.78 is 13.2. The van der Waals surface area contributed by atoms with Gasteiger partial charge in [0.15, 0.2) is 5.71 Å². The summed E-state index contributed by atoms with van der Waals surface area (Å²) in [5.41, 5.74) is 4.66. The number of carbonyl (C=O) groups excluding carboxylic acids is 1. The van der Waals surface area contributed by atoms with Gasteiger partial charge < -0.3 is 10.2 Å². The zero-order valence-corrected chi connectivity index (χ0v) is 16.8. The molecule has 0 aromatic heterocycles. The number of aromatic hydroxyl groups is 1. The van der Waals surface area contributed by atoms with Gasteiger partial charge in [-0.3, -0.25) is 10.2 Å². The van der Waals surface area contributed by atoms with E-state index in [9.17, 15) is 24.2 Å². The molecule has 1 aliphatic rings. The summed E-state index contributed by atoms with van der Waals surface area (Å²) in [6.07, 6.45) is 0. The standard InChI is InChI=1S/C23H17FN4O4/c1-13-20(22(30)28(27-13)17-10-8-16(24)9-11-17)26-25-19-7-3-6-18(21(19)29)14-4-2-5-15(12-14)23(31)32/h2-12,25,29H,1H3,(H,31,32). The molecule has 0 radical (unpaired) electrons. The molecule has 0 spiro atoms. The molecule has 32 heavy (non-hydrogen) atoms. The number of hydrogen-bond donors (Lipinski definition) is 3. The van der Waals surface area contributed by atoms with Crippen LogP contribution in [0, 0.1) is 5.82 Å². The van der Waals surface area contributed by atoms with Gasteiger partial charge in [0.1, 0.15) is 11.6 Å². The van der Waals surface area contributed by atoms with Gasteiger partial charge in [-0.15, -0.1) is 0 Å². The fourth-order valence-electron chi connectivity index (χ4n) is 3.19. The molecule has 0 saturated heterocycles. The summed E-state index contributed by atoms with van der Waals surface area (Å²) >= 11 is 0. The van der Waals surface area contributed by atoms with E-state index >= 15 is 0 Å². The molecule has 8 nitrogen and oxygen atoms in total. The van der Waals surface area contributed by atoms with Crippen LogP contribution in [0.2, 0.25) is 0 Å². The minimum absolute atomic E-state index is 0.0343. The van der Waals surface area contributed by atoms with Crippen molar-refractivity contribution >= 4 is 34.7 Å². The average molecular weight is 432 g/mol. The molecule has 0 saturated carbocycles. The predicted octanol–water partition coefficient (Wildman–Crippen LogP) is 4.09. The molecule has 0 fully saturated rings. The molecule has 1 amide bonds. The highest BCUT2D eigenvalue weighted by molar-refractivity contribution is 6.71. The summed E-state index contributed by atoms with van der Waals surface area (Å²) in [6.45, 7) is 1.61. The monoisotopic (exact) mass is 432 g/mol. The van der Waals surface area contributed by atoms with Crippen molar-refractivity contribution in [1.82, 2.24) is 0 Å². The van der Waals surface area contributed by atoms with Crippen molar-refractivity contribution < 1.29 is 24.2 Å². The molecule has 3 aromatic rings. The van der Waals surface area contributed by atoms with E-state index < -0.39 is 17.7 Å². The molecule has 0 unspecified atom stereocenters. The van der Waals surface area contributed by atoms with E-state index in [0.29, 0.717) is 22.5 Å². The number of aromatic carboxylic acids is 1. The maximum absolute atomic E-state index is 13.2. The van der Waals surface area contributed by atoms with Crippen LogP contribution in [0.5, 0.6) is 5.75 Å². The quantitative estimate of drug-likeness (QED) is 0.415. The molecule has 9 heteroatoms. The second kappa shape index (κ2) is 8.31. The highest BCUT2D eigenvalue weighted by Gasteiger charge is 2.30. The Bertz CT molecular complexity index is 1290. The Hall–Kier alpha value is -4.53. The number of phenols is 1. The molecule has 3 N–H and O–H groups in total. The largest absolute Gasteiger partial charge is 0.505 e. The molecular weight excluding hydrogens is 415 g/mol. The molecule has 1 heterocycles. The first-order chi connectivity index (χ1) is 15.3. The fraction of sp³-hybridized carbons (Fsp3) is 0.0435. The van der Waals surface area contributed by atoms with Gasteiger partial charge in [0.25, 0.3) is 0 Å². The first-order valence-electron chi connectivity index (χ1n) is 9.50. The molecule has 0 atom stereocenters. The Kier molecular flexibility index (Phi) is 5.38. The third-order valence-electron chi connectivity index (χ3n) is 4.80. The van der Waals surface area contributed by atoms with Gasteiger partial charge in [-0.1, -0.05) is 24.3 Å². The third-order valence-corrected chi connectivity index (χ3v) is 4.80. The number of hydrazone groups is 2. The first-order valence-corrected chi connectivity index (χ1v) is 9.50. The summed E-state index contributed by atoms with van der Waals surface area (Å²) in [4.78, 5) is 24.0. The molecule has 4 rings (SSSR count). The van der Waals surface area contributed by atoms with Crippen molar-refractivity contribution in [2.24, 2.45) is 10.2 Å². The summed E-state index contributed by atoms with van der Waals surface area (Å²) in [5, 5.41) is 29.3. The van der Waals surface area contributed by atoms with Gasteiger partial charge >= 0.3 is 11.9 Å². The number of anilines is 2. The number of nitrogens with zero attached hydrogens (tertiary/aromatic N) is 3. The SMILES string of the molecule is CC1=NN(c2ccc(F)cc2)C(=O)C1=NNc1cccc(-c2cccc(C(=O)O)c2)c1O. The summed E-state index contributed by atoms with van der Waals surface area (Å²) in [5.74, 6) is -2.17. The Morgan fingerprint density at radius 1 is 1.09 bits per heavy atom. The van der Waals surface area contributed by atoms with Gasteiger partial charge in [-0.2, -0.15) is 15.2 Å². The number of benzene rings is 3. The van der Waals surface area contributed by atoms with Gasteiger partial charge in [0, 0.05) is 5.56 Å². The maximum Gasteiger partial charge on any atom is 0.335 e. The van der Waals surface area contributed by atoms with Crippen LogP contribution in [0.1, 0.15) is 17.3 Å². The minimum Gasteiger partial charge on any atom is -0.505 e. The fourth-order valence-corrected chi connectivity index (χ4v) is 3.19. The number of halogens is 1. The van der Waals surface area contributed by atoms with E-state index in [4.69, 9.17) is 0 Å². The van der Waals surface area contributed by atoms with E-state index in [1.807, 2.05) is 0 Å². The Labute approximate surface area is 181 Å². The maximum atomic E-state index is 13.2. The number of carboxylic acid groups (broad SMARTS) is 1. The first kappa shape index (κ1) is 20.7. The topological polar surface area (TPSA) is 115 Å². The number of carbonyl (C=O) groups is 2. The number of amides is 1. The van der Waals surface area contributed by atoms with Gasteiger partial charge in [0.2, 0.25) is 0 Å². The zero-order chi connectivity index (χ0) is 22.8. The van der Waals surface area contributed by atoms with Gasteiger partial charge in [-0.25, -0.2) is 9.18 Å². The zero-order valence-electron chi connectivity index (χ0n) is 16.8. The van der Waals surface area contributed by atoms with Crippen molar-refractivity contribution in [3.8, 4) is 16.9 Å². The molecule has 0 bridgehead atoms. The van der Waals surface area contributed by atoms with E-state index in [2.05, 4.69) is 15.6 Å². The average Bonchev–Trinajstić information content (AvgIpc) is 3.07. The number of rotatable bonds is 5. The highest BCUT2D eigenvalue weighted by Crippen LogP contribution is 2.36. The van der Waals surface area contributed by atoms with Crippen LogP contribution in [-0.2, 0) is 4.79 Å². The van der Waals surface area contributed by atoms with Crippen molar-refractivity contribution in [3.05, 3.63) is 78.1 Å². The molecule has 3 aromatic carbocycles. The minimum atomic E-state index is -1.08. The molecule has 1 aliphatic heterocycles. The Balaban J connectivity index is 1.60. The molecule has 160 valence electrons. The third kappa shape index (κ3) is 3.91.